The second-order valence-corrected chi connectivity index (χ2v) is 12.8. The highest BCUT2D eigenvalue weighted by Gasteiger charge is 2.23. The first-order valence-corrected chi connectivity index (χ1v) is 16.7. The Morgan fingerprint density at radius 1 is 0.792 bits per heavy atom. The Morgan fingerprint density at radius 3 is 2.08 bits per heavy atom. The molecule has 250 valence electrons. The van der Waals surface area contributed by atoms with Gasteiger partial charge in [0.2, 0.25) is 17.7 Å². The number of pyridine rings is 2. The molecule has 4 aromatic rings. The third-order valence-electron chi connectivity index (χ3n) is 8.77. The van der Waals surface area contributed by atoms with Gasteiger partial charge < -0.3 is 30.7 Å². The number of nitrogens with zero attached hydrogens (tertiary/aromatic N) is 2. The lowest BCUT2D eigenvalue weighted by molar-refractivity contribution is -0.120. The molecule has 0 radical (unpaired) electrons. The number of benzene rings is 2. The number of halogens is 2. The van der Waals surface area contributed by atoms with E-state index >= 15 is 0 Å². The van der Waals surface area contributed by atoms with Crippen molar-refractivity contribution in [2.24, 2.45) is 11.8 Å². The predicted octanol–water partition coefficient (Wildman–Crippen LogP) is 5.25. The highest BCUT2D eigenvalue weighted by Crippen LogP contribution is 2.42. The van der Waals surface area contributed by atoms with E-state index in [0.717, 1.165) is 46.5 Å². The number of carbonyl (C=O) groups is 2. The molecule has 10 nitrogen and oxygen atoms in total. The van der Waals surface area contributed by atoms with Gasteiger partial charge in [-0.1, -0.05) is 59.6 Å². The number of hydrogen-bond donors (Lipinski definition) is 4. The van der Waals surface area contributed by atoms with Crippen molar-refractivity contribution >= 4 is 35.0 Å². The second-order valence-electron chi connectivity index (χ2n) is 12.1. The molecule has 2 aromatic heterocycles. The summed E-state index contributed by atoms with van der Waals surface area (Å²) in [6.45, 7) is 4.03. The van der Waals surface area contributed by atoms with Crippen LogP contribution < -0.4 is 30.7 Å². The molecule has 2 aromatic carbocycles. The summed E-state index contributed by atoms with van der Waals surface area (Å²) in [5.41, 5.74) is 6.23. The van der Waals surface area contributed by atoms with Crippen molar-refractivity contribution in [1.82, 2.24) is 31.2 Å². The van der Waals surface area contributed by atoms with Crippen molar-refractivity contribution in [3.05, 3.63) is 82.0 Å². The Kier molecular flexibility index (Phi) is 10.8. The fourth-order valence-corrected chi connectivity index (χ4v) is 6.85. The third-order valence-corrected chi connectivity index (χ3v) is 9.56. The van der Waals surface area contributed by atoms with Crippen LogP contribution in [-0.4, -0.2) is 62.2 Å². The fraction of sp³-hybridized carbons (Fsp3) is 0.333. The number of aromatic nitrogens is 2. The average molecular weight is 690 g/mol. The minimum Gasteiger partial charge on any atom is -0.496 e. The summed E-state index contributed by atoms with van der Waals surface area (Å²) >= 11 is 14.1. The first-order valence-electron chi connectivity index (χ1n) is 15.9. The predicted molar refractivity (Wildman–Crippen MR) is 187 cm³/mol. The molecule has 2 atom stereocenters. The summed E-state index contributed by atoms with van der Waals surface area (Å²) < 4.78 is 11.4. The number of hydrogen-bond acceptors (Lipinski definition) is 8. The molecule has 0 unspecified atom stereocenters. The van der Waals surface area contributed by atoms with Gasteiger partial charge >= 0.3 is 0 Å². The quantitative estimate of drug-likeness (QED) is 0.150. The van der Waals surface area contributed by atoms with Crippen molar-refractivity contribution in [3.63, 3.8) is 0 Å². The standard InChI is InChI=1S/C36H38Cl2N6O4/c1-47-30-14-23(6-7-24(30)19-39-15-21-12-31(45)42-17-21)35-34(38)27(10-11-41-35)26-4-3-5-28(33(26)37)29-9-8-25(36(44-29)48-2)20-40-16-22-13-32(46)43-18-22/h3-11,14,21-22,39-40H,12-13,15-20H2,1-2H3,(H,42,45)(H,43,46)/t21-,22+/m1/s1. The zero-order valence-corrected chi connectivity index (χ0v) is 28.4. The van der Waals surface area contributed by atoms with E-state index in [1.54, 1.807) is 20.4 Å². The summed E-state index contributed by atoms with van der Waals surface area (Å²) in [6.07, 6.45) is 2.82. The maximum atomic E-state index is 11.5. The van der Waals surface area contributed by atoms with Gasteiger partial charge in [0.1, 0.15) is 5.75 Å². The minimum atomic E-state index is 0.0980. The lowest BCUT2D eigenvalue weighted by Gasteiger charge is -2.16. The van der Waals surface area contributed by atoms with Gasteiger partial charge in [0.15, 0.2) is 0 Å². The molecular weight excluding hydrogens is 651 g/mol. The van der Waals surface area contributed by atoms with Crippen LogP contribution in [0.2, 0.25) is 10.0 Å². The molecule has 2 amide bonds. The van der Waals surface area contributed by atoms with Crippen LogP contribution in [0.4, 0.5) is 0 Å². The summed E-state index contributed by atoms with van der Waals surface area (Å²) in [5, 5.41) is 13.6. The van der Waals surface area contributed by atoms with Gasteiger partial charge in [-0.3, -0.25) is 14.6 Å². The lowest BCUT2D eigenvalue weighted by Crippen LogP contribution is -2.24. The maximum Gasteiger partial charge on any atom is 0.220 e. The van der Waals surface area contributed by atoms with Gasteiger partial charge in [0.25, 0.3) is 0 Å². The molecule has 0 bridgehead atoms. The molecule has 2 saturated heterocycles. The third kappa shape index (κ3) is 7.57. The van der Waals surface area contributed by atoms with Crippen molar-refractivity contribution in [3.8, 4) is 45.3 Å². The van der Waals surface area contributed by atoms with Crippen molar-refractivity contribution in [2.45, 2.75) is 25.9 Å². The largest absolute Gasteiger partial charge is 0.496 e. The minimum absolute atomic E-state index is 0.0980. The molecule has 6 rings (SSSR count). The van der Waals surface area contributed by atoms with Crippen LogP contribution >= 0.6 is 23.2 Å². The number of carbonyl (C=O) groups excluding carboxylic acids is 2. The van der Waals surface area contributed by atoms with E-state index in [2.05, 4.69) is 26.3 Å². The van der Waals surface area contributed by atoms with Gasteiger partial charge in [-0.25, -0.2) is 4.98 Å². The Morgan fingerprint density at radius 2 is 1.44 bits per heavy atom. The monoisotopic (exact) mass is 688 g/mol. The first-order chi connectivity index (χ1) is 23.3. The number of nitrogens with one attached hydrogen (secondary N) is 4. The van der Waals surface area contributed by atoms with E-state index in [1.165, 1.54) is 0 Å². The van der Waals surface area contributed by atoms with E-state index in [4.69, 9.17) is 37.7 Å². The van der Waals surface area contributed by atoms with Gasteiger partial charge in [-0.05, 0) is 30.0 Å². The zero-order chi connectivity index (χ0) is 33.6. The van der Waals surface area contributed by atoms with E-state index in [-0.39, 0.29) is 23.7 Å². The highest BCUT2D eigenvalue weighted by atomic mass is 35.5. The van der Waals surface area contributed by atoms with E-state index in [9.17, 15) is 9.59 Å². The molecular formula is C36H38Cl2N6O4. The molecule has 2 fully saturated rings. The zero-order valence-electron chi connectivity index (χ0n) is 26.9. The van der Waals surface area contributed by atoms with Crippen LogP contribution in [0.5, 0.6) is 11.6 Å². The Hall–Kier alpha value is -4.22. The normalized spacial score (nSPS) is 17.3. The second kappa shape index (κ2) is 15.3. The summed E-state index contributed by atoms with van der Waals surface area (Å²) in [7, 11) is 3.24. The van der Waals surface area contributed by atoms with Gasteiger partial charge in [0, 0.05) is 91.7 Å². The van der Waals surface area contributed by atoms with E-state index in [1.807, 2.05) is 54.6 Å². The smallest absolute Gasteiger partial charge is 0.220 e. The molecule has 2 aliphatic rings. The van der Waals surface area contributed by atoms with E-state index < -0.39 is 0 Å². The lowest BCUT2D eigenvalue weighted by atomic mass is 9.99. The molecule has 12 heteroatoms. The number of ether oxygens (including phenoxy) is 2. The summed E-state index contributed by atoms with van der Waals surface area (Å²) in [4.78, 5) is 32.4. The first kappa shape index (κ1) is 33.7. The molecule has 4 heterocycles. The Balaban J connectivity index is 1.20. The molecule has 2 aliphatic heterocycles. The number of rotatable bonds is 13. The van der Waals surface area contributed by atoms with Crippen LogP contribution in [0, 0.1) is 11.8 Å². The topological polar surface area (TPSA) is 126 Å². The van der Waals surface area contributed by atoms with E-state index in [0.29, 0.717) is 72.1 Å². The van der Waals surface area contributed by atoms with Gasteiger partial charge in [-0.2, -0.15) is 0 Å². The maximum absolute atomic E-state index is 11.5. The molecule has 0 saturated carbocycles. The number of amides is 2. The van der Waals surface area contributed by atoms with Crippen molar-refractivity contribution < 1.29 is 19.1 Å². The Labute approximate surface area is 289 Å². The van der Waals surface area contributed by atoms with Crippen molar-refractivity contribution in [2.75, 3.05) is 40.4 Å². The molecule has 0 spiro atoms. The molecule has 48 heavy (non-hydrogen) atoms. The molecule has 4 N–H and O–H groups in total. The van der Waals surface area contributed by atoms with Crippen LogP contribution in [0.15, 0.2) is 60.8 Å². The highest BCUT2D eigenvalue weighted by molar-refractivity contribution is 6.39. The number of methoxy groups -OCH3 is 2. The summed E-state index contributed by atoms with van der Waals surface area (Å²) in [5.74, 6) is 1.99. The van der Waals surface area contributed by atoms with Gasteiger partial charge in [0.05, 0.1) is 35.7 Å². The van der Waals surface area contributed by atoms with Crippen LogP contribution in [0.25, 0.3) is 33.6 Å². The Bertz CT molecular complexity index is 1690. The molecule has 0 aliphatic carbocycles. The van der Waals surface area contributed by atoms with Gasteiger partial charge in [-0.15, -0.1) is 0 Å². The van der Waals surface area contributed by atoms with Crippen LogP contribution in [0.3, 0.4) is 0 Å². The summed E-state index contributed by atoms with van der Waals surface area (Å²) in [6, 6.07) is 17.5. The fourth-order valence-electron chi connectivity index (χ4n) is 6.20. The SMILES string of the molecule is COc1cc(-c2nccc(-c3cccc(-c4ccc(CNC[C@H]5CNC(=O)C5)c(OC)n4)c3Cl)c2Cl)ccc1CNC[C@@H]1CNC(=O)C1. The van der Waals surface area contributed by atoms with Crippen LogP contribution in [-0.2, 0) is 22.7 Å². The van der Waals surface area contributed by atoms with Crippen LogP contribution in [0.1, 0.15) is 24.0 Å². The average Bonchev–Trinajstić information content (AvgIpc) is 3.72. The van der Waals surface area contributed by atoms with Crippen molar-refractivity contribution in [1.29, 1.82) is 0 Å².